The molecule has 0 saturated carbocycles. The summed E-state index contributed by atoms with van der Waals surface area (Å²) >= 11 is 0. The first kappa shape index (κ1) is 19.4. The lowest BCUT2D eigenvalue weighted by molar-refractivity contribution is -0.115. The van der Waals surface area contributed by atoms with E-state index in [-0.39, 0.29) is 12.5 Å². The predicted molar refractivity (Wildman–Crippen MR) is 99.5 cm³/mol. The molecule has 0 unspecified atom stereocenters. The van der Waals surface area contributed by atoms with Crippen molar-refractivity contribution in [3.05, 3.63) is 42.5 Å². The van der Waals surface area contributed by atoms with E-state index < -0.39 is 0 Å². The molecule has 1 amide bonds. The van der Waals surface area contributed by atoms with Crippen LogP contribution < -0.4 is 29.6 Å². The molecule has 0 aliphatic rings. The molecule has 0 aliphatic carbocycles. The number of nitrogens with one attached hydrogen (secondary N) is 2. The van der Waals surface area contributed by atoms with Crippen molar-refractivity contribution in [3.8, 4) is 23.0 Å². The van der Waals surface area contributed by atoms with Gasteiger partial charge < -0.3 is 29.6 Å². The maximum Gasteiger partial charge on any atom is 0.238 e. The van der Waals surface area contributed by atoms with Crippen LogP contribution in [0, 0.1) is 0 Å². The van der Waals surface area contributed by atoms with E-state index in [4.69, 9.17) is 18.9 Å². The molecule has 0 aromatic heterocycles. The van der Waals surface area contributed by atoms with E-state index in [2.05, 4.69) is 10.6 Å². The Kier molecular flexibility index (Phi) is 7.57. The lowest BCUT2D eigenvalue weighted by atomic mass is 10.2. The van der Waals surface area contributed by atoms with E-state index in [1.165, 1.54) is 0 Å². The highest BCUT2D eigenvalue weighted by Gasteiger charge is 2.08. The number of ether oxygens (including phenoxy) is 4. The molecule has 0 bridgehead atoms. The molecule has 2 aromatic rings. The molecular formula is C19H24N2O5. The molecular weight excluding hydrogens is 336 g/mol. The van der Waals surface area contributed by atoms with E-state index in [0.717, 1.165) is 11.5 Å². The number of methoxy groups -OCH3 is 3. The van der Waals surface area contributed by atoms with Gasteiger partial charge >= 0.3 is 0 Å². The van der Waals surface area contributed by atoms with Gasteiger partial charge in [-0.15, -0.1) is 0 Å². The highest BCUT2D eigenvalue weighted by Crippen LogP contribution is 2.28. The van der Waals surface area contributed by atoms with Gasteiger partial charge in [-0.1, -0.05) is 0 Å². The van der Waals surface area contributed by atoms with E-state index in [1.807, 2.05) is 24.3 Å². The Morgan fingerprint density at radius 3 is 2.19 bits per heavy atom. The molecule has 140 valence electrons. The molecule has 0 atom stereocenters. The standard InChI is InChI=1S/C19H24N2O5/c1-23-14-4-6-15(7-5-14)26-11-10-20-13-19(22)21-17-9-8-16(24-2)12-18(17)25-3/h4-9,12,20H,10-11,13H2,1-3H3,(H,21,22). The van der Waals surface area contributed by atoms with Crippen LogP contribution in [0.1, 0.15) is 0 Å². The van der Waals surface area contributed by atoms with E-state index in [0.29, 0.717) is 30.3 Å². The normalized spacial score (nSPS) is 10.1. The predicted octanol–water partition coefficient (Wildman–Crippen LogP) is 2.32. The van der Waals surface area contributed by atoms with Gasteiger partial charge in [-0.05, 0) is 36.4 Å². The number of benzene rings is 2. The van der Waals surface area contributed by atoms with Crippen LogP contribution in [0.3, 0.4) is 0 Å². The van der Waals surface area contributed by atoms with Crippen molar-refractivity contribution in [3.63, 3.8) is 0 Å². The molecule has 2 aromatic carbocycles. The van der Waals surface area contributed by atoms with Crippen LogP contribution >= 0.6 is 0 Å². The molecule has 0 fully saturated rings. The molecule has 0 radical (unpaired) electrons. The summed E-state index contributed by atoms with van der Waals surface area (Å²) in [5.41, 5.74) is 0.592. The Bertz CT molecular complexity index is 704. The third kappa shape index (κ3) is 5.86. The van der Waals surface area contributed by atoms with E-state index in [1.54, 1.807) is 39.5 Å². The number of anilines is 1. The average Bonchev–Trinajstić information content (AvgIpc) is 2.68. The summed E-state index contributed by atoms with van der Waals surface area (Å²) in [6.45, 7) is 1.16. The Morgan fingerprint density at radius 1 is 0.885 bits per heavy atom. The van der Waals surface area contributed by atoms with Crippen molar-refractivity contribution in [2.45, 2.75) is 0 Å². The third-order valence-electron chi connectivity index (χ3n) is 3.58. The van der Waals surface area contributed by atoms with Crippen LogP contribution in [-0.2, 0) is 4.79 Å². The third-order valence-corrected chi connectivity index (χ3v) is 3.58. The fourth-order valence-corrected chi connectivity index (χ4v) is 2.21. The monoisotopic (exact) mass is 360 g/mol. The second-order valence-corrected chi connectivity index (χ2v) is 5.32. The first-order valence-electron chi connectivity index (χ1n) is 8.15. The molecule has 7 nitrogen and oxygen atoms in total. The zero-order valence-electron chi connectivity index (χ0n) is 15.2. The summed E-state index contributed by atoms with van der Waals surface area (Å²) in [5, 5.41) is 5.83. The van der Waals surface area contributed by atoms with Crippen molar-refractivity contribution in [1.29, 1.82) is 0 Å². The van der Waals surface area contributed by atoms with Gasteiger partial charge in [0.25, 0.3) is 0 Å². The van der Waals surface area contributed by atoms with Crippen molar-refractivity contribution >= 4 is 11.6 Å². The average molecular weight is 360 g/mol. The Labute approximate surface area is 153 Å². The zero-order valence-corrected chi connectivity index (χ0v) is 15.2. The van der Waals surface area contributed by atoms with Crippen LogP contribution in [0.2, 0.25) is 0 Å². The summed E-state index contributed by atoms with van der Waals surface area (Å²) in [6.07, 6.45) is 0. The molecule has 2 rings (SSSR count). The van der Waals surface area contributed by atoms with Crippen molar-refractivity contribution in [1.82, 2.24) is 5.32 Å². The summed E-state index contributed by atoms with van der Waals surface area (Å²) in [4.78, 5) is 12.0. The highest BCUT2D eigenvalue weighted by atomic mass is 16.5. The number of hydrogen-bond acceptors (Lipinski definition) is 6. The first-order valence-corrected chi connectivity index (χ1v) is 8.15. The second kappa shape index (κ2) is 10.1. The summed E-state index contributed by atoms with van der Waals surface area (Å²) < 4.78 is 21.1. The number of amides is 1. The second-order valence-electron chi connectivity index (χ2n) is 5.32. The molecule has 2 N–H and O–H groups in total. The minimum atomic E-state index is -0.169. The lowest BCUT2D eigenvalue weighted by Gasteiger charge is -2.12. The maximum atomic E-state index is 12.0. The summed E-state index contributed by atoms with van der Waals surface area (Å²) in [5.74, 6) is 2.56. The molecule has 26 heavy (non-hydrogen) atoms. The Balaban J connectivity index is 1.70. The van der Waals surface area contributed by atoms with Crippen molar-refractivity contribution < 1.29 is 23.7 Å². The highest BCUT2D eigenvalue weighted by molar-refractivity contribution is 5.93. The molecule has 0 saturated heterocycles. The van der Waals surface area contributed by atoms with Gasteiger partial charge in [0.15, 0.2) is 0 Å². The summed E-state index contributed by atoms with van der Waals surface area (Å²) in [7, 11) is 4.73. The number of hydrogen-bond donors (Lipinski definition) is 2. The summed E-state index contributed by atoms with van der Waals surface area (Å²) in [6, 6.07) is 12.5. The minimum Gasteiger partial charge on any atom is -0.497 e. The maximum absolute atomic E-state index is 12.0. The molecule has 0 spiro atoms. The van der Waals surface area contributed by atoms with Crippen molar-refractivity contribution in [2.24, 2.45) is 0 Å². The molecule has 0 aliphatic heterocycles. The number of rotatable bonds is 10. The van der Waals surface area contributed by atoms with Gasteiger partial charge in [0.2, 0.25) is 5.91 Å². The fourth-order valence-electron chi connectivity index (χ4n) is 2.21. The smallest absolute Gasteiger partial charge is 0.238 e. The zero-order chi connectivity index (χ0) is 18.8. The topological polar surface area (TPSA) is 78.1 Å². The first-order chi connectivity index (χ1) is 12.7. The van der Waals surface area contributed by atoms with Gasteiger partial charge in [-0.25, -0.2) is 0 Å². The largest absolute Gasteiger partial charge is 0.497 e. The number of carbonyl (C=O) groups excluding carboxylic acids is 1. The van der Waals surface area contributed by atoms with Gasteiger partial charge in [0.05, 0.1) is 33.6 Å². The van der Waals surface area contributed by atoms with E-state index in [9.17, 15) is 4.79 Å². The van der Waals surface area contributed by atoms with Crippen LogP contribution in [0.5, 0.6) is 23.0 Å². The van der Waals surface area contributed by atoms with Gasteiger partial charge in [-0.3, -0.25) is 4.79 Å². The van der Waals surface area contributed by atoms with Gasteiger partial charge in [0, 0.05) is 12.6 Å². The van der Waals surface area contributed by atoms with Crippen LogP contribution in [-0.4, -0.2) is 46.9 Å². The van der Waals surface area contributed by atoms with Gasteiger partial charge in [-0.2, -0.15) is 0 Å². The Hall–Kier alpha value is -2.93. The molecule has 7 heteroatoms. The van der Waals surface area contributed by atoms with E-state index >= 15 is 0 Å². The Morgan fingerprint density at radius 2 is 1.54 bits per heavy atom. The fraction of sp³-hybridized carbons (Fsp3) is 0.316. The number of carbonyl (C=O) groups is 1. The lowest BCUT2D eigenvalue weighted by Crippen LogP contribution is -2.31. The minimum absolute atomic E-state index is 0.168. The van der Waals surface area contributed by atoms with Crippen LogP contribution in [0.4, 0.5) is 5.69 Å². The SMILES string of the molecule is COc1ccc(OCCNCC(=O)Nc2ccc(OC)cc2OC)cc1. The van der Waals surface area contributed by atoms with Crippen LogP contribution in [0.15, 0.2) is 42.5 Å². The molecule has 0 heterocycles. The van der Waals surface area contributed by atoms with Crippen molar-refractivity contribution in [2.75, 3.05) is 46.3 Å². The van der Waals surface area contributed by atoms with Gasteiger partial charge in [0.1, 0.15) is 29.6 Å². The quantitative estimate of drug-likeness (QED) is 0.633. The van der Waals surface area contributed by atoms with Crippen LogP contribution in [0.25, 0.3) is 0 Å².